The third-order valence-electron chi connectivity index (χ3n) is 5.56. The number of urea groups is 1. The zero-order valence-electron chi connectivity index (χ0n) is 18.7. The summed E-state index contributed by atoms with van der Waals surface area (Å²) < 4.78 is 5.85. The number of ether oxygens (including phenoxy) is 1. The summed E-state index contributed by atoms with van der Waals surface area (Å²) in [5.74, 6) is 0.685. The first kappa shape index (κ1) is 23.4. The Bertz CT molecular complexity index is 1140. The van der Waals surface area contributed by atoms with Gasteiger partial charge in [-0.2, -0.15) is 0 Å². The molecule has 1 unspecified atom stereocenters. The van der Waals surface area contributed by atoms with Crippen LogP contribution in [0.4, 0.5) is 10.6 Å². The van der Waals surface area contributed by atoms with E-state index in [1.54, 1.807) is 28.1 Å². The van der Waals surface area contributed by atoms with E-state index in [1.165, 1.54) is 18.0 Å². The molecule has 0 bridgehead atoms. The fourth-order valence-electron chi connectivity index (χ4n) is 3.59. The molecule has 0 saturated carbocycles. The second-order valence-electron chi connectivity index (χ2n) is 7.91. The first-order valence-electron chi connectivity index (χ1n) is 11.0. The van der Waals surface area contributed by atoms with Crippen molar-refractivity contribution in [1.82, 2.24) is 24.8 Å². The maximum absolute atomic E-state index is 13.0. The first-order valence-corrected chi connectivity index (χ1v) is 11.3. The number of aromatic nitrogens is 3. The number of carbonyl (C=O) groups excluding carboxylic acids is 2. The molecular weight excluding hydrogens is 456 g/mol. The number of carbonyl (C=O) groups is 2. The van der Waals surface area contributed by atoms with E-state index in [0.717, 1.165) is 0 Å². The van der Waals surface area contributed by atoms with Crippen molar-refractivity contribution < 1.29 is 14.3 Å². The lowest BCUT2D eigenvalue weighted by Gasteiger charge is -2.34. The van der Waals surface area contributed by atoms with Gasteiger partial charge in [0, 0.05) is 62.3 Å². The van der Waals surface area contributed by atoms with Gasteiger partial charge in [-0.25, -0.2) is 19.7 Å². The Balaban J connectivity index is 1.30. The smallest absolute Gasteiger partial charge is 0.323 e. The molecule has 0 radical (unpaired) electrons. The summed E-state index contributed by atoms with van der Waals surface area (Å²) in [6.07, 6.45) is 4.47. The van der Waals surface area contributed by atoms with Crippen LogP contribution in [-0.4, -0.2) is 69.5 Å². The van der Waals surface area contributed by atoms with Gasteiger partial charge in [-0.1, -0.05) is 48.9 Å². The normalized spacial score (nSPS) is 14.4. The largest absolute Gasteiger partial charge is 0.477 e. The summed E-state index contributed by atoms with van der Waals surface area (Å²) >= 11 is 5.95. The summed E-state index contributed by atoms with van der Waals surface area (Å²) in [6, 6.07) is 13.1. The van der Waals surface area contributed by atoms with Gasteiger partial charge in [-0.3, -0.25) is 10.1 Å². The van der Waals surface area contributed by atoms with E-state index < -0.39 is 0 Å². The second-order valence-corrected chi connectivity index (χ2v) is 8.27. The summed E-state index contributed by atoms with van der Waals surface area (Å²) in [5, 5.41) is 2.77. The monoisotopic (exact) mass is 480 g/mol. The van der Waals surface area contributed by atoms with E-state index in [-0.39, 0.29) is 28.8 Å². The van der Waals surface area contributed by atoms with Gasteiger partial charge in [0.25, 0.3) is 5.91 Å². The predicted molar refractivity (Wildman–Crippen MR) is 128 cm³/mol. The third-order valence-corrected chi connectivity index (χ3v) is 5.84. The molecule has 9 nitrogen and oxygen atoms in total. The molecule has 3 amide bonds. The maximum atomic E-state index is 13.0. The molecule has 3 heterocycles. The predicted octanol–water partition coefficient (Wildman–Crippen LogP) is 3.70. The van der Waals surface area contributed by atoms with E-state index in [0.29, 0.717) is 44.2 Å². The molecule has 1 aliphatic rings. The fourth-order valence-corrected chi connectivity index (χ4v) is 3.74. The molecule has 1 fully saturated rings. The standard InChI is InChI=1S/C24H25ClN6O3/c1-17(18-5-3-2-4-6-18)16-34-20-15-19(7-8-26-20)23(32)30-11-13-31(14-12-30)24(33)29-22-21(25)27-9-10-28-22/h2-10,15,17H,11-14,16H2,1H3,(H,28,29,33). The van der Waals surface area contributed by atoms with Crippen LogP contribution >= 0.6 is 11.6 Å². The SMILES string of the molecule is CC(COc1cc(C(=O)N2CCN(C(=O)Nc3nccnc3Cl)CC2)ccn1)c1ccccc1. The van der Waals surface area contributed by atoms with E-state index in [2.05, 4.69) is 39.3 Å². The Labute approximate surface area is 202 Å². The van der Waals surface area contributed by atoms with Crippen molar-refractivity contribution in [2.45, 2.75) is 12.8 Å². The molecule has 0 spiro atoms. The van der Waals surface area contributed by atoms with Gasteiger partial charge in [-0.15, -0.1) is 0 Å². The lowest BCUT2D eigenvalue weighted by molar-refractivity contribution is 0.0671. The van der Waals surface area contributed by atoms with Gasteiger partial charge >= 0.3 is 6.03 Å². The molecule has 1 atom stereocenters. The van der Waals surface area contributed by atoms with E-state index >= 15 is 0 Å². The minimum absolute atomic E-state index is 0.124. The van der Waals surface area contributed by atoms with Crippen molar-refractivity contribution in [1.29, 1.82) is 0 Å². The van der Waals surface area contributed by atoms with Gasteiger partial charge in [0.2, 0.25) is 5.88 Å². The van der Waals surface area contributed by atoms with E-state index in [4.69, 9.17) is 16.3 Å². The van der Waals surface area contributed by atoms with E-state index in [9.17, 15) is 9.59 Å². The highest BCUT2D eigenvalue weighted by molar-refractivity contribution is 6.32. The van der Waals surface area contributed by atoms with Crippen LogP contribution in [0.3, 0.4) is 0 Å². The molecule has 4 rings (SSSR count). The van der Waals surface area contributed by atoms with Crippen molar-refractivity contribution in [3.8, 4) is 5.88 Å². The van der Waals surface area contributed by atoms with Crippen LogP contribution < -0.4 is 10.1 Å². The molecule has 10 heteroatoms. The summed E-state index contributed by atoms with van der Waals surface area (Å²) in [4.78, 5) is 41.0. The molecule has 1 N–H and O–H groups in total. The van der Waals surface area contributed by atoms with Crippen molar-refractivity contribution >= 4 is 29.4 Å². The first-order chi connectivity index (χ1) is 16.5. The van der Waals surface area contributed by atoms with Gasteiger partial charge < -0.3 is 14.5 Å². The highest BCUT2D eigenvalue weighted by Gasteiger charge is 2.26. The number of rotatable bonds is 6. The van der Waals surface area contributed by atoms with Crippen molar-refractivity contribution in [3.05, 3.63) is 77.3 Å². The number of amides is 3. The number of nitrogens with one attached hydrogen (secondary N) is 1. The molecule has 0 aliphatic carbocycles. The van der Waals surface area contributed by atoms with Crippen molar-refractivity contribution in [2.24, 2.45) is 0 Å². The quantitative estimate of drug-likeness (QED) is 0.577. The Morgan fingerprint density at radius 2 is 1.71 bits per heavy atom. The average molecular weight is 481 g/mol. The number of nitrogens with zero attached hydrogens (tertiary/aromatic N) is 5. The second kappa shape index (κ2) is 10.9. The Morgan fingerprint density at radius 3 is 2.44 bits per heavy atom. The van der Waals surface area contributed by atoms with E-state index in [1.807, 2.05) is 18.2 Å². The lowest BCUT2D eigenvalue weighted by atomic mass is 10.0. The minimum atomic E-state index is -0.332. The topological polar surface area (TPSA) is 101 Å². The molecule has 1 saturated heterocycles. The molecule has 176 valence electrons. The number of hydrogen-bond acceptors (Lipinski definition) is 6. The van der Waals surface area contributed by atoms with Gasteiger partial charge in [0.15, 0.2) is 11.0 Å². The summed E-state index contributed by atoms with van der Waals surface area (Å²) in [6.45, 7) is 4.13. The van der Waals surface area contributed by atoms with Crippen LogP contribution in [0.5, 0.6) is 5.88 Å². The summed E-state index contributed by atoms with van der Waals surface area (Å²) in [5.41, 5.74) is 1.68. The van der Waals surface area contributed by atoms with Crippen LogP contribution in [0.1, 0.15) is 28.8 Å². The molecule has 1 aliphatic heterocycles. The number of halogens is 1. The third kappa shape index (κ3) is 5.79. The van der Waals surface area contributed by atoms with Crippen LogP contribution in [-0.2, 0) is 0 Å². The van der Waals surface area contributed by atoms with Crippen LogP contribution in [0, 0.1) is 0 Å². The zero-order valence-corrected chi connectivity index (χ0v) is 19.5. The van der Waals surface area contributed by atoms with Crippen LogP contribution in [0.25, 0.3) is 0 Å². The number of anilines is 1. The molecule has 34 heavy (non-hydrogen) atoms. The molecule has 1 aromatic carbocycles. The van der Waals surface area contributed by atoms with Crippen LogP contribution in [0.2, 0.25) is 5.15 Å². The summed E-state index contributed by atoms with van der Waals surface area (Å²) in [7, 11) is 0. The van der Waals surface area contributed by atoms with Gasteiger partial charge in [-0.05, 0) is 11.6 Å². The molecule has 3 aromatic rings. The van der Waals surface area contributed by atoms with Crippen LogP contribution in [0.15, 0.2) is 61.1 Å². The molecular formula is C24H25ClN6O3. The Hall–Kier alpha value is -3.72. The van der Waals surface area contributed by atoms with Crippen molar-refractivity contribution in [2.75, 3.05) is 38.1 Å². The Kier molecular flexibility index (Phi) is 7.54. The number of pyridine rings is 1. The Morgan fingerprint density at radius 1 is 1.00 bits per heavy atom. The maximum Gasteiger partial charge on any atom is 0.323 e. The zero-order chi connectivity index (χ0) is 23.9. The average Bonchev–Trinajstić information content (AvgIpc) is 2.89. The minimum Gasteiger partial charge on any atom is -0.477 e. The molecule has 2 aromatic heterocycles. The lowest BCUT2D eigenvalue weighted by Crippen LogP contribution is -2.51. The van der Waals surface area contributed by atoms with Crippen molar-refractivity contribution in [3.63, 3.8) is 0 Å². The number of benzene rings is 1. The highest BCUT2D eigenvalue weighted by Crippen LogP contribution is 2.19. The fraction of sp³-hybridized carbons (Fsp3) is 0.292. The number of piperazine rings is 1. The highest BCUT2D eigenvalue weighted by atomic mass is 35.5. The van der Waals surface area contributed by atoms with Gasteiger partial charge in [0.05, 0.1) is 6.61 Å². The van der Waals surface area contributed by atoms with Gasteiger partial charge in [0.1, 0.15) is 0 Å². The number of hydrogen-bond donors (Lipinski definition) is 1.